The summed E-state index contributed by atoms with van der Waals surface area (Å²) >= 11 is 0. The molecule has 0 spiro atoms. The number of benzene rings is 2. The van der Waals surface area contributed by atoms with Crippen LogP contribution in [-0.2, 0) is 11.3 Å². The van der Waals surface area contributed by atoms with E-state index in [1.807, 2.05) is 54.6 Å². The number of carbonyl (C=O) groups excluding carboxylic acids is 1. The summed E-state index contributed by atoms with van der Waals surface area (Å²) in [6.07, 6.45) is 0. The first-order valence-electron chi connectivity index (χ1n) is 9.24. The predicted octanol–water partition coefficient (Wildman–Crippen LogP) is 3.58. The SMILES string of the molecule is Cc1nn(CC(=O)N2c3ccccc3OC[C@H]2c2ccccc2)c(C)c1[N+](=O)[O-]. The van der Waals surface area contributed by atoms with Crippen molar-refractivity contribution in [3.8, 4) is 5.75 Å². The fourth-order valence-corrected chi connectivity index (χ4v) is 3.73. The highest BCUT2D eigenvalue weighted by Crippen LogP contribution is 2.39. The van der Waals surface area contributed by atoms with E-state index in [1.54, 1.807) is 18.7 Å². The Hall–Kier alpha value is -3.68. The first-order chi connectivity index (χ1) is 14.0. The van der Waals surface area contributed by atoms with E-state index in [9.17, 15) is 14.9 Å². The highest BCUT2D eigenvalue weighted by molar-refractivity contribution is 5.96. The van der Waals surface area contributed by atoms with Crippen LogP contribution in [0.15, 0.2) is 54.6 Å². The minimum atomic E-state index is -0.463. The van der Waals surface area contributed by atoms with Gasteiger partial charge in [-0.3, -0.25) is 24.5 Å². The second kappa shape index (κ2) is 7.38. The molecule has 1 aromatic heterocycles. The number of nitro groups is 1. The minimum absolute atomic E-state index is 0.0558. The number of aryl methyl sites for hydroxylation is 1. The zero-order valence-corrected chi connectivity index (χ0v) is 16.1. The molecule has 1 aliphatic heterocycles. The fourth-order valence-electron chi connectivity index (χ4n) is 3.73. The number of para-hydroxylation sites is 2. The standard InChI is InChI=1S/C21H20N4O4/c1-14-21(25(27)28)15(2)23(22-14)12-20(26)24-17-10-6-7-11-19(17)29-13-18(24)16-8-4-3-5-9-16/h3-11,18H,12-13H2,1-2H3/t18-/m0/s1. The van der Waals surface area contributed by atoms with Crippen molar-refractivity contribution < 1.29 is 14.5 Å². The molecule has 8 heteroatoms. The fraction of sp³-hybridized carbons (Fsp3) is 0.238. The van der Waals surface area contributed by atoms with Gasteiger partial charge in [0.25, 0.3) is 0 Å². The molecule has 2 aromatic carbocycles. The van der Waals surface area contributed by atoms with Crippen molar-refractivity contribution in [3.63, 3.8) is 0 Å². The molecule has 0 saturated carbocycles. The van der Waals surface area contributed by atoms with Crippen LogP contribution in [0, 0.1) is 24.0 Å². The summed E-state index contributed by atoms with van der Waals surface area (Å²) in [4.78, 5) is 25.9. The number of rotatable bonds is 4. The third kappa shape index (κ3) is 3.33. The van der Waals surface area contributed by atoms with Gasteiger partial charge in [-0.1, -0.05) is 42.5 Å². The number of hydrogen-bond acceptors (Lipinski definition) is 5. The van der Waals surface area contributed by atoms with E-state index in [1.165, 1.54) is 4.68 Å². The van der Waals surface area contributed by atoms with E-state index in [0.717, 1.165) is 5.56 Å². The molecule has 0 N–H and O–H groups in total. The highest BCUT2D eigenvalue weighted by atomic mass is 16.6. The molecular formula is C21H20N4O4. The van der Waals surface area contributed by atoms with Crippen molar-refractivity contribution in [2.75, 3.05) is 11.5 Å². The minimum Gasteiger partial charge on any atom is -0.489 e. The largest absolute Gasteiger partial charge is 0.489 e. The zero-order valence-electron chi connectivity index (χ0n) is 16.1. The summed E-state index contributed by atoms with van der Waals surface area (Å²) in [7, 11) is 0. The number of nitrogens with zero attached hydrogens (tertiary/aromatic N) is 4. The van der Waals surface area contributed by atoms with Gasteiger partial charge in [-0.25, -0.2) is 0 Å². The summed E-state index contributed by atoms with van der Waals surface area (Å²) in [5, 5.41) is 15.5. The monoisotopic (exact) mass is 392 g/mol. The lowest BCUT2D eigenvalue weighted by atomic mass is 10.0. The summed E-state index contributed by atoms with van der Waals surface area (Å²) in [6.45, 7) is 3.40. The number of ether oxygens (including phenoxy) is 1. The van der Waals surface area contributed by atoms with E-state index in [0.29, 0.717) is 29.4 Å². The second-order valence-corrected chi connectivity index (χ2v) is 6.90. The number of aromatic nitrogens is 2. The summed E-state index contributed by atoms with van der Waals surface area (Å²) in [5.41, 5.74) is 2.23. The van der Waals surface area contributed by atoms with Gasteiger partial charge in [-0.2, -0.15) is 5.10 Å². The van der Waals surface area contributed by atoms with Crippen molar-refractivity contribution in [1.29, 1.82) is 0 Å². The van der Waals surface area contributed by atoms with Gasteiger partial charge in [-0.05, 0) is 31.5 Å². The number of carbonyl (C=O) groups is 1. The Morgan fingerprint density at radius 1 is 1.17 bits per heavy atom. The molecule has 4 rings (SSSR count). The van der Waals surface area contributed by atoms with Crippen LogP contribution in [-0.4, -0.2) is 27.2 Å². The second-order valence-electron chi connectivity index (χ2n) is 6.90. The van der Waals surface area contributed by atoms with Crippen molar-refractivity contribution in [2.24, 2.45) is 0 Å². The molecule has 148 valence electrons. The first kappa shape index (κ1) is 18.7. The zero-order chi connectivity index (χ0) is 20.5. The van der Waals surface area contributed by atoms with Gasteiger partial charge in [0.15, 0.2) is 0 Å². The molecule has 0 radical (unpaired) electrons. The number of anilines is 1. The summed E-state index contributed by atoms with van der Waals surface area (Å²) < 4.78 is 7.29. The molecule has 0 saturated heterocycles. The average Bonchev–Trinajstić information content (AvgIpc) is 3.00. The Bertz CT molecular complexity index is 1080. The molecule has 1 aliphatic rings. The van der Waals surface area contributed by atoms with Crippen LogP contribution in [0.2, 0.25) is 0 Å². The molecule has 29 heavy (non-hydrogen) atoms. The molecule has 0 fully saturated rings. The molecule has 1 amide bonds. The van der Waals surface area contributed by atoms with E-state index in [-0.39, 0.29) is 24.2 Å². The third-order valence-corrected chi connectivity index (χ3v) is 5.10. The van der Waals surface area contributed by atoms with Crippen molar-refractivity contribution in [2.45, 2.75) is 26.4 Å². The highest BCUT2D eigenvalue weighted by Gasteiger charge is 2.34. The van der Waals surface area contributed by atoms with Gasteiger partial charge in [0.05, 0.1) is 16.7 Å². The van der Waals surface area contributed by atoms with Crippen molar-refractivity contribution in [3.05, 3.63) is 81.7 Å². The number of fused-ring (bicyclic) bond motifs is 1. The number of amides is 1. The van der Waals surface area contributed by atoms with Gasteiger partial charge in [-0.15, -0.1) is 0 Å². The van der Waals surface area contributed by atoms with Crippen LogP contribution in [0.3, 0.4) is 0 Å². The van der Waals surface area contributed by atoms with Crippen LogP contribution in [0.4, 0.5) is 11.4 Å². The maximum Gasteiger partial charge on any atom is 0.312 e. The van der Waals surface area contributed by atoms with Gasteiger partial charge in [0.1, 0.15) is 30.3 Å². The van der Waals surface area contributed by atoms with E-state index in [4.69, 9.17) is 4.74 Å². The van der Waals surface area contributed by atoms with Crippen LogP contribution in [0.1, 0.15) is 23.0 Å². The van der Waals surface area contributed by atoms with Gasteiger partial charge >= 0.3 is 5.69 Å². The molecule has 0 aliphatic carbocycles. The molecular weight excluding hydrogens is 372 g/mol. The molecule has 2 heterocycles. The first-order valence-corrected chi connectivity index (χ1v) is 9.24. The number of hydrogen-bond donors (Lipinski definition) is 0. The maximum atomic E-state index is 13.4. The lowest BCUT2D eigenvalue weighted by molar-refractivity contribution is -0.386. The van der Waals surface area contributed by atoms with E-state index < -0.39 is 4.92 Å². The Kier molecular flexibility index (Phi) is 4.75. The molecule has 8 nitrogen and oxygen atoms in total. The topological polar surface area (TPSA) is 90.5 Å². The average molecular weight is 392 g/mol. The quantitative estimate of drug-likeness (QED) is 0.500. The summed E-state index contributed by atoms with van der Waals surface area (Å²) in [6, 6.07) is 16.7. The predicted molar refractivity (Wildman–Crippen MR) is 107 cm³/mol. The van der Waals surface area contributed by atoms with Crippen LogP contribution in [0.25, 0.3) is 0 Å². The van der Waals surface area contributed by atoms with E-state index in [2.05, 4.69) is 5.10 Å². The van der Waals surface area contributed by atoms with Crippen molar-refractivity contribution in [1.82, 2.24) is 9.78 Å². The van der Waals surface area contributed by atoms with Crippen LogP contribution in [0.5, 0.6) is 5.75 Å². The van der Waals surface area contributed by atoms with Crippen molar-refractivity contribution >= 4 is 17.3 Å². The maximum absolute atomic E-state index is 13.4. The normalized spacial score (nSPS) is 15.5. The van der Waals surface area contributed by atoms with Gasteiger partial charge in [0.2, 0.25) is 5.91 Å². The van der Waals surface area contributed by atoms with E-state index >= 15 is 0 Å². The molecule has 0 unspecified atom stereocenters. The Labute approximate surface area is 167 Å². The molecule has 3 aromatic rings. The summed E-state index contributed by atoms with van der Waals surface area (Å²) in [5.74, 6) is 0.419. The smallest absolute Gasteiger partial charge is 0.312 e. The Balaban J connectivity index is 1.72. The molecule has 1 atom stereocenters. The Morgan fingerprint density at radius 2 is 1.86 bits per heavy atom. The Morgan fingerprint density at radius 3 is 2.55 bits per heavy atom. The van der Waals surface area contributed by atoms with Crippen LogP contribution >= 0.6 is 0 Å². The lowest BCUT2D eigenvalue weighted by Crippen LogP contribution is -2.42. The molecule has 0 bridgehead atoms. The van der Waals surface area contributed by atoms with Gasteiger partial charge in [0, 0.05) is 0 Å². The van der Waals surface area contributed by atoms with Gasteiger partial charge < -0.3 is 4.74 Å². The van der Waals surface area contributed by atoms with Crippen LogP contribution < -0.4 is 9.64 Å². The third-order valence-electron chi connectivity index (χ3n) is 5.10. The lowest BCUT2D eigenvalue weighted by Gasteiger charge is -2.37.